The van der Waals surface area contributed by atoms with E-state index >= 15 is 0 Å². The first-order valence-corrected chi connectivity index (χ1v) is 9.88. The summed E-state index contributed by atoms with van der Waals surface area (Å²) in [7, 11) is 3.01. The van der Waals surface area contributed by atoms with Crippen molar-refractivity contribution < 1.29 is 32.1 Å². The van der Waals surface area contributed by atoms with Gasteiger partial charge < -0.3 is 25.1 Å². The zero-order valence-electron chi connectivity index (χ0n) is 18.2. The number of rotatable bonds is 11. The Balaban J connectivity index is 1.98. The van der Waals surface area contributed by atoms with Crippen LogP contribution in [0, 0.1) is 10.1 Å². The van der Waals surface area contributed by atoms with E-state index in [0.717, 1.165) is 6.07 Å². The molecule has 11 nitrogen and oxygen atoms in total. The summed E-state index contributed by atoms with van der Waals surface area (Å²) in [6.07, 6.45) is -2.88. The van der Waals surface area contributed by atoms with Gasteiger partial charge in [0, 0.05) is 39.3 Å². The Hall–Kier alpha value is -3.91. The Bertz CT molecular complexity index is 1070. The number of hydrogen-bond acceptors (Lipinski definition) is 5. The zero-order valence-corrected chi connectivity index (χ0v) is 18.2. The Morgan fingerprint density at radius 1 is 1.03 bits per heavy atom. The average Bonchev–Trinajstić information content (AvgIpc) is 3.31. The van der Waals surface area contributed by atoms with E-state index in [-0.39, 0.29) is 41.6 Å². The molecule has 0 aliphatic rings. The normalized spacial score (nSPS) is 11.7. The van der Waals surface area contributed by atoms with Crippen LogP contribution in [0.3, 0.4) is 0 Å². The van der Waals surface area contributed by atoms with Crippen molar-refractivity contribution in [3.8, 4) is 0 Å². The maximum Gasteiger partial charge on any atom is 0.287 e. The maximum absolute atomic E-state index is 12.5. The minimum atomic E-state index is -2.74. The molecule has 0 saturated heterocycles. The molecule has 0 aliphatic carbocycles. The summed E-state index contributed by atoms with van der Waals surface area (Å²) in [5, 5.41) is 18.2. The van der Waals surface area contributed by atoms with E-state index in [4.69, 9.17) is 0 Å². The summed E-state index contributed by atoms with van der Waals surface area (Å²) in [6.45, 7) is -1.69. The van der Waals surface area contributed by atoms with Crippen molar-refractivity contribution in [2.45, 2.75) is 19.3 Å². The lowest BCUT2D eigenvalue weighted by Gasteiger charge is -2.11. The summed E-state index contributed by atoms with van der Waals surface area (Å²) in [5.41, 5.74) is 0.174. The molecular weight excluding hydrogens is 466 g/mol. The first-order valence-electron chi connectivity index (χ1n) is 9.88. The molecule has 0 unspecified atom stereocenters. The highest BCUT2D eigenvalue weighted by molar-refractivity contribution is 6.04. The SMILES string of the molecule is Cn1cc(NC(=O)c2cc([N+](=O)[O-])cn2C)cc1C(=O)NCCC(=NCC(F)F)NCC(F)F. The second kappa shape index (κ2) is 11.8. The van der Waals surface area contributed by atoms with Crippen LogP contribution in [0.4, 0.5) is 28.9 Å². The number of amidine groups is 1. The number of aromatic nitrogens is 2. The van der Waals surface area contributed by atoms with E-state index in [1.165, 1.54) is 41.7 Å². The molecule has 2 heterocycles. The third-order valence-corrected chi connectivity index (χ3v) is 4.46. The monoisotopic (exact) mass is 489 g/mol. The number of hydrogen-bond donors (Lipinski definition) is 3. The number of aryl methyl sites for hydroxylation is 2. The molecule has 3 N–H and O–H groups in total. The van der Waals surface area contributed by atoms with Crippen LogP contribution in [-0.4, -0.2) is 64.2 Å². The summed E-state index contributed by atoms with van der Waals surface area (Å²) in [5.74, 6) is -1.28. The van der Waals surface area contributed by atoms with Gasteiger partial charge in [0.15, 0.2) is 0 Å². The molecule has 0 aromatic carbocycles. The quantitative estimate of drug-likeness (QED) is 0.146. The molecule has 2 aromatic rings. The molecular formula is C19H23F4N7O4. The van der Waals surface area contributed by atoms with E-state index in [0.29, 0.717) is 0 Å². The molecule has 0 spiro atoms. The van der Waals surface area contributed by atoms with Crippen LogP contribution in [0.5, 0.6) is 0 Å². The predicted octanol–water partition coefficient (Wildman–Crippen LogP) is 2.16. The van der Waals surface area contributed by atoms with Gasteiger partial charge in [0.1, 0.15) is 17.9 Å². The number of aliphatic imine (C=N–C) groups is 1. The topological polar surface area (TPSA) is 136 Å². The third kappa shape index (κ3) is 7.60. The molecule has 186 valence electrons. The van der Waals surface area contributed by atoms with Gasteiger partial charge in [-0.15, -0.1) is 0 Å². The summed E-state index contributed by atoms with van der Waals surface area (Å²) in [4.78, 5) is 38.7. The largest absolute Gasteiger partial charge is 0.368 e. The first-order chi connectivity index (χ1) is 16.0. The Morgan fingerprint density at radius 3 is 2.26 bits per heavy atom. The average molecular weight is 489 g/mol. The molecule has 0 bridgehead atoms. The van der Waals surface area contributed by atoms with Gasteiger partial charge in [0.2, 0.25) is 0 Å². The molecule has 0 aliphatic heterocycles. The van der Waals surface area contributed by atoms with Gasteiger partial charge in [-0.25, -0.2) is 17.6 Å². The summed E-state index contributed by atoms with van der Waals surface area (Å²) in [6, 6.07) is 2.48. The van der Waals surface area contributed by atoms with Crippen molar-refractivity contribution in [2.75, 3.05) is 25.0 Å². The van der Waals surface area contributed by atoms with E-state index in [1.54, 1.807) is 0 Å². The smallest absolute Gasteiger partial charge is 0.287 e. The predicted molar refractivity (Wildman–Crippen MR) is 115 cm³/mol. The highest BCUT2D eigenvalue weighted by Crippen LogP contribution is 2.18. The van der Waals surface area contributed by atoms with Gasteiger partial charge >= 0.3 is 0 Å². The lowest BCUT2D eigenvalue weighted by Crippen LogP contribution is -2.34. The second-order valence-corrected chi connectivity index (χ2v) is 7.09. The van der Waals surface area contributed by atoms with Crippen molar-refractivity contribution in [1.82, 2.24) is 19.8 Å². The standard InChI is InChI=1S/C19H23F4N7O4/c1-28-9-11(27-19(32)14-6-12(30(33)34)10-29(14)2)5-13(28)18(31)24-4-3-17(25-7-15(20)21)26-8-16(22)23/h5-6,9-10,15-16H,3-4,7-8H2,1-2H3,(H,24,31)(H,25,26)(H,27,32). The fraction of sp³-hybridized carbons (Fsp3) is 0.421. The lowest BCUT2D eigenvalue weighted by molar-refractivity contribution is -0.384. The molecule has 15 heteroatoms. The number of halogens is 4. The number of alkyl halides is 4. The van der Waals surface area contributed by atoms with Crippen LogP contribution in [0.2, 0.25) is 0 Å². The van der Waals surface area contributed by atoms with Gasteiger partial charge in [0.05, 0.1) is 29.2 Å². The number of anilines is 1. The van der Waals surface area contributed by atoms with Gasteiger partial charge in [0.25, 0.3) is 30.4 Å². The van der Waals surface area contributed by atoms with Crippen molar-refractivity contribution in [3.05, 3.63) is 46.0 Å². The fourth-order valence-corrected chi connectivity index (χ4v) is 2.91. The first kappa shape index (κ1) is 26.3. The molecule has 0 atom stereocenters. The van der Waals surface area contributed by atoms with Crippen molar-refractivity contribution in [1.29, 1.82) is 0 Å². The number of nitrogens with zero attached hydrogens (tertiary/aromatic N) is 4. The summed E-state index contributed by atoms with van der Waals surface area (Å²) >= 11 is 0. The molecule has 34 heavy (non-hydrogen) atoms. The molecule has 2 amide bonds. The third-order valence-electron chi connectivity index (χ3n) is 4.46. The Labute approximate surface area is 191 Å². The highest BCUT2D eigenvalue weighted by Gasteiger charge is 2.19. The lowest BCUT2D eigenvalue weighted by atomic mass is 10.3. The minimum absolute atomic E-state index is 0.0356. The molecule has 0 radical (unpaired) electrons. The Kier molecular flexibility index (Phi) is 9.15. The van der Waals surface area contributed by atoms with Crippen molar-refractivity contribution in [3.63, 3.8) is 0 Å². The van der Waals surface area contributed by atoms with Crippen LogP contribution in [-0.2, 0) is 14.1 Å². The number of amides is 2. The fourth-order valence-electron chi connectivity index (χ4n) is 2.91. The van der Waals surface area contributed by atoms with Crippen molar-refractivity contribution >= 4 is 29.0 Å². The highest BCUT2D eigenvalue weighted by atomic mass is 19.3. The van der Waals surface area contributed by atoms with Crippen LogP contribution in [0.25, 0.3) is 0 Å². The molecule has 2 rings (SSSR count). The van der Waals surface area contributed by atoms with E-state index in [9.17, 15) is 37.3 Å². The molecule has 0 saturated carbocycles. The number of carbonyl (C=O) groups excluding carboxylic acids is 2. The minimum Gasteiger partial charge on any atom is -0.368 e. The summed E-state index contributed by atoms with van der Waals surface area (Å²) < 4.78 is 52.2. The van der Waals surface area contributed by atoms with Crippen LogP contribution in [0.1, 0.15) is 27.4 Å². The van der Waals surface area contributed by atoms with Gasteiger partial charge in [-0.3, -0.25) is 24.7 Å². The van der Waals surface area contributed by atoms with Crippen LogP contribution in [0.15, 0.2) is 29.5 Å². The van der Waals surface area contributed by atoms with Crippen LogP contribution < -0.4 is 16.0 Å². The molecule has 2 aromatic heterocycles. The number of nitrogens with one attached hydrogen (secondary N) is 3. The number of carbonyl (C=O) groups is 2. The molecule has 0 fully saturated rings. The zero-order chi connectivity index (χ0) is 25.4. The van der Waals surface area contributed by atoms with E-state index in [1.807, 2.05) is 0 Å². The second-order valence-electron chi connectivity index (χ2n) is 7.09. The van der Waals surface area contributed by atoms with Crippen LogP contribution >= 0.6 is 0 Å². The van der Waals surface area contributed by atoms with Gasteiger partial charge in [-0.2, -0.15) is 0 Å². The number of nitro groups is 1. The maximum atomic E-state index is 12.5. The van der Waals surface area contributed by atoms with Crippen molar-refractivity contribution in [2.24, 2.45) is 19.1 Å². The Morgan fingerprint density at radius 2 is 1.68 bits per heavy atom. The van der Waals surface area contributed by atoms with Gasteiger partial charge in [-0.1, -0.05) is 0 Å². The van der Waals surface area contributed by atoms with E-state index < -0.39 is 42.7 Å². The van der Waals surface area contributed by atoms with Gasteiger partial charge in [-0.05, 0) is 6.07 Å². The van der Waals surface area contributed by atoms with E-state index in [2.05, 4.69) is 20.9 Å².